The lowest BCUT2D eigenvalue weighted by molar-refractivity contribution is 0.212. The van der Waals surface area contributed by atoms with E-state index >= 15 is 0 Å². The predicted molar refractivity (Wildman–Crippen MR) is 79.7 cm³/mol. The van der Waals surface area contributed by atoms with Crippen molar-refractivity contribution < 1.29 is 14.6 Å². The average Bonchev–Trinajstić information content (AvgIpc) is 2.47. The molecule has 2 aromatic carbocycles. The van der Waals surface area contributed by atoms with Crippen molar-refractivity contribution >= 4 is 11.6 Å². The monoisotopic (exact) mass is 292 g/mol. The highest BCUT2D eigenvalue weighted by atomic mass is 35.5. The summed E-state index contributed by atoms with van der Waals surface area (Å²) in [5.41, 5.74) is 1.32. The van der Waals surface area contributed by atoms with Crippen LogP contribution in [0.3, 0.4) is 0 Å². The van der Waals surface area contributed by atoms with Crippen molar-refractivity contribution in [3.05, 3.63) is 58.6 Å². The first-order valence-electron chi connectivity index (χ1n) is 6.40. The summed E-state index contributed by atoms with van der Waals surface area (Å²) in [5.74, 6) is 1.32. The molecule has 4 heteroatoms. The number of hydrogen-bond donors (Lipinski definition) is 1. The highest BCUT2D eigenvalue weighted by Gasteiger charge is 2.18. The Morgan fingerprint density at radius 3 is 2.55 bits per heavy atom. The van der Waals surface area contributed by atoms with Crippen molar-refractivity contribution in [1.82, 2.24) is 0 Å². The Balaban J connectivity index is 2.38. The lowest BCUT2D eigenvalue weighted by Crippen LogP contribution is -2.04. The van der Waals surface area contributed by atoms with Crippen LogP contribution < -0.4 is 9.47 Å². The highest BCUT2D eigenvalue weighted by Crippen LogP contribution is 2.35. The summed E-state index contributed by atoms with van der Waals surface area (Å²) in [5, 5.41) is 11.0. The van der Waals surface area contributed by atoms with Crippen LogP contribution in [-0.4, -0.2) is 18.8 Å². The number of benzene rings is 2. The molecule has 0 heterocycles. The highest BCUT2D eigenvalue weighted by molar-refractivity contribution is 6.31. The fourth-order valence-electron chi connectivity index (χ4n) is 2.02. The maximum atomic E-state index is 10.5. The summed E-state index contributed by atoms with van der Waals surface area (Å²) < 4.78 is 10.6. The number of ether oxygens (including phenoxy) is 2. The van der Waals surface area contributed by atoms with Gasteiger partial charge in [-0.2, -0.15) is 0 Å². The molecule has 0 aromatic heterocycles. The van der Waals surface area contributed by atoms with Gasteiger partial charge in [0.25, 0.3) is 0 Å². The van der Waals surface area contributed by atoms with E-state index in [4.69, 9.17) is 21.1 Å². The summed E-state index contributed by atoms with van der Waals surface area (Å²) in [6, 6.07) is 12.6. The van der Waals surface area contributed by atoms with Crippen molar-refractivity contribution in [2.45, 2.75) is 13.0 Å². The lowest BCUT2D eigenvalue weighted by Gasteiger charge is -2.17. The molecule has 3 nitrogen and oxygen atoms in total. The van der Waals surface area contributed by atoms with Crippen LogP contribution in [0.15, 0.2) is 42.5 Å². The van der Waals surface area contributed by atoms with Gasteiger partial charge in [-0.3, -0.25) is 0 Å². The van der Waals surface area contributed by atoms with Gasteiger partial charge in [0.2, 0.25) is 0 Å². The molecule has 0 fully saturated rings. The van der Waals surface area contributed by atoms with E-state index in [0.29, 0.717) is 34.3 Å². The van der Waals surface area contributed by atoms with E-state index in [9.17, 15) is 5.11 Å². The quantitative estimate of drug-likeness (QED) is 0.910. The normalized spacial score (nSPS) is 12.0. The topological polar surface area (TPSA) is 38.7 Å². The number of aliphatic hydroxyl groups excluding tert-OH is 1. The molecule has 1 N–H and O–H groups in total. The molecule has 106 valence electrons. The van der Waals surface area contributed by atoms with Crippen molar-refractivity contribution in [3.8, 4) is 11.5 Å². The minimum Gasteiger partial charge on any atom is -0.497 e. The van der Waals surface area contributed by atoms with Crippen LogP contribution in [0.5, 0.6) is 11.5 Å². The third-order valence-electron chi connectivity index (χ3n) is 3.02. The molecule has 2 rings (SSSR count). The fourth-order valence-corrected chi connectivity index (χ4v) is 2.29. The van der Waals surface area contributed by atoms with Gasteiger partial charge < -0.3 is 14.6 Å². The molecule has 2 aromatic rings. The first kappa shape index (κ1) is 14.7. The Kier molecular flexibility index (Phi) is 4.88. The zero-order chi connectivity index (χ0) is 14.5. The molecule has 1 atom stereocenters. The Morgan fingerprint density at radius 1 is 1.15 bits per heavy atom. The first-order chi connectivity index (χ1) is 9.67. The maximum Gasteiger partial charge on any atom is 0.125 e. The summed E-state index contributed by atoms with van der Waals surface area (Å²) in [7, 11) is 1.58. The largest absolute Gasteiger partial charge is 0.497 e. The van der Waals surface area contributed by atoms with Gasteiger partial charge in [-0.15, -0.1) is 0 Å². The Bertz CT molecular complexity index is 584. The molecule has 0 aliphatic heterocycles. The minimum atomic E-state index is -0.837. The van der Waals surface area contributed by atoms with E-state index in [1.165, 1.54) is 0 Å². The van der Waals surface area contributed by atoms with Crippen LogP contribution in [-0.2, 0) is 0 Å². The molecule has 0 bridgehead atoms. The Labute approximate surface area is 123 Å². The van der Waals surface area contributed by atoms with Gasteiger partial charge in [0, 0.05) is 11.1 Å². The van der Waals surface area contributed by atoms with Crippen LogP contribution in [0.25, 0.3) is 0 Å². The van der Waals surface area contributed by atoms with Gasteiger partial charge in [-0.1, -0.05) is 35.9 Å². The van der Waals surface area contributed by atoms with Gasteiger partial charge in [0.15, 0.2) is 0 Å². The Hall–Kier alpha value is -1.71. The number of rotatable bonds is 5. The third-order valence-corrected chi connectivity index (χ3v) is 3.34. The fraction of sp³-hybridized carbons (Fsp3) is 0.250. The zero-order valence-electron chi connectivity index (χ0n) is 11.5. The molecule has 0 radical (unpaired) electrons. The molecular weight excluding hydrogens is 276 g/mol. The van der Waals surface area contributed by atoms with Crippen LogP contribution in [0.2, 0.25) is 5.02 Å². The summed E-state index contributed by atoms with van der Waals surface area (Å²) in [6.45, 7) is 2.45. The average molecular weight is 293 g/mol. The summed E-state index contributed by atoms with van der Waals surface area (Å²) in [6.07, 6.45) is -0.837. The van der Waals surface area contributed by atoms with E-state index < -0.39 is 6.10 Å². The second kappa shape index (κ2) is 6.64. The van der Waals surface area contributed by atoms with Crippen molar-refractivity contribution in [2.24, 2.45) is 0 Å². The minimum absolute atomic E-state index is 0.461. The molecule has 20 heavy (non-hydrogen) atoms. The van der Waals surface area contributed by atoms with Crippen LogP contribution >= 0.6 is 11.6 Å². The molecule has 0 saturated heterocycles. The third kappa shape index (κ3) is 3.06. The van der Waals surface area contributed by atoms with E-state index in [1.807, 2.05) is 31.2 Å². The molecule has 0 amide bonds. The summed E-state index contributed by atoms with van der Waals surface area (Å²) >= 11 is 6.20. The van der Waals surface area contributed by atoms with Crippen molar-refractivity contribution in [2.75, 3.05) is 13.7 Å². The van der Waals surface area contributed by atoms with E-state index in [-0.39, 0.29) is 0 Å². The van der Waals surface area contributed by atoms with Gasteiger partial charge in [-0.05, 0) is 25.1 Å². The number of aliphatic hydroxyl groups is 1. The second-order valence-corrected chi connectivity index (χ2v) is 4.67. The molecule has 1 unspecified atom stereocenters. The van der Waals surface area contributed by atoms with Gasteiger partial charge >= 0.3 is 0 Å². The number of methoxy groups -OCH3 is 1. The number of hydrogen-bond acceptors (Lipinski definition) is 3. The van der Waals surface area contributed by atoms with Crippen LogP contribution in [0.4, 0.5) is 0 Å². The zero-order valence-corrected chi connectivity index (χ0v) is 12.2. The van der Waals surface area contributed by atoms with E-state index in [1.54, 1.807) is 25.3 Å². The van der Waals surface area contributed by atoms with E-state index in [0.717, 1.165) is 0 Å². The standard InChI is InChI=1S/C16H17ClO3/c1-3-20-15-7-5-4-6-13(15)16(18)12-9-8-11(19-2)10-14(12)17/h4-10,16,18H,3H2,1-2H3. The van der Waals surface area contributed by atoms with Crippen LogP contribution in [0, 0.1) is 0 Å². The van der Waals surface area contributed by atoms with Gasteiger partial charge in [0.1, 0.15) is 17.6 Å². The molecule has 0 aliphatic rings. The number of para-hydroxylation sites is 1. The Morgan fingerprint density at radius 2 is 1.90 bits per heavy atom. The predicted octanol–water partition coefficient (Wildman–Crippen LogP) is 3.83. The first-order valence-corrected chi connectivity index (χ1v) is 6.78. The molecular formula is C16H17ClO3. The molecule has 0 aliphatic carbocycles. The lowest BCUT2D eigenvalue weighted by atomic mass is 10.0. The smallest absolute Gasteiger partial charge is 0.125 e. The maximum absolute atomic E-state index is 10.5. The molecule has 0 spiro atoms. The SMILES string of the molecule is CCOc1ccccc1C(O)c1ccc(OC)cc1Cl. The molecule has 0 saturated carbocycles. The van der Waals surface area contributed by atoms with E-state index in [2.05, 4.69) is 0 Å². The van der Waals surface area contributed by atoms with Crippen molar-refractivity contribution in [1.29, 1.82) is 0 Å². The van der Waals surface area contributed by atoms with Crippen molar-refractivity contribution in [3.63, 3.8) is 0 Å². The number of halogens is 1. The van der Waals surface area contributed by atoms with Gasteiger partial charge in [-0.25, -0.2) is 0 Å². The van der Waals surface area contributed by atoms with Gasteiger partial charge in [0.05, 0.1) is 18.7 Å². The van der Waals surface area contributed by atoms with Crippen LogP contribution in [0.1, 0.15) is 24.2 Å². The second-order valence-electron chi connectivity index (χ2n) is 4.26. The summed E-state index contributed by atoms with van der Waals surface area (Å²) in [4.78, 5) is 0.